The van der Waals surface area contributed by atoms with E-state index in [-0.39, 0.29) is 11.4 Å². The van der Waals surface area contributed by atoms with E-state index < -0.39 is 23.8 Å². The first kappa shape index (κ1) is 25.1. The third-order valence-corrected chi connectivity index (χ3v) is 7.08. The summed E-state index contributed by atoms with van der Waals surface area (Å²) in [5.41, 5.74) is 2.35. The zero-order valence-corrected chi connectivity index (χ0v) is 21.4. The van der Waals surface area contributed by atoms with Gasteiger partial charge in [-0.3, -0.25) is 4.98 Å². The minimum atomic E-state index is -4.52. The van der Waals surface area contributed by atoms with E-state index in [4.69, 9.17) is 23.8 Å². The Kier molecular flexibility index (Phi) is 6.37. The standard InChI is InChI=1S/C27H22ClF3N4OS/c1-15-13-18(16(2)34(15)21-9-4-3-7-19(21)27(29,30)31)25-24(20-8-5-6-12-32-20)33-26(37)35(25)22-14-17(28)10-11-23(22)36/h3-14,24-25,36H,1-2H3,(H,33,37)/t24-,25+/m1/s1. The lowest BCUT2D eigenvalue weighted by atomic mass is 9.96. The predicted octanol–water partition coefficient (Wildman–Crippen LogP) is 7.04. The van der Waals surface area contributed by atoms with Crippen molar-refractivity contribution in [1.29, 1.82) is 0 Å². The van der Waals surface area contributed by atoms with Gasteiger partial charge in [-0.2, -0.15) is 13.2 Å². The van der Waals surface area contributed by atoms with E-state index in [9.17, 15) is 18.3 Å². The van der Waals surface area contributed by atoms with Crippen molar-refractivity contribution in [2.24, 2.45) is 0 Å². The molecule has 2 aromatic carbocycles. The molecule has 37 heavy (non-hydrogen) atoms. The molecule has 5 nitrogen and oxygen atoms in total. The second-order valence-corrected chi connectivity index (χ2v) is 9.63. The van der Waals surface area contributed by atoms with Crippen molar-refractivity contribution in [2.45, 2.75) is 32.1 Å². The smallest absolute Gasteiger partial charge is 0.418 e. The SMILES string of the molecule is Cc1cc([C@H]2[C@@H](c3ccccn3)NC(=S)N2c2cc(Cl)ccc2O)c(C)n1-c1ccccc1C(F)(F)F. The molecule has 0 radical (unpaired) electrons. The van der Waals surface area contributed by atoms with Crippen LogP contribution in [0.4, 0.5) is 18.9 Å². The second-order valence-electron chi connectivity index (χ2n) is 8.81. The van der Waals surface area contributed by atoms with Crippen LogP contribution in [0.2, 0.25) is 5.02 Å². The van der Waals surface area contributed by atoms with E-state index >= 15 is 0 Å². The fraction of sp³-hybridized carbons (Fsp3) is 0.185. The van der Waals surface area contributed by atoms with Crippen LogP contribution >= 0.6 is 23.8 Å². The number of pyridine rings is 1. The minimum Gasteiger partial charge on any atom is -0.506 e. The number of aryl methyl sites for hydroxylation is 1. The molecule has 0 aliphatic carbocycles. The number of phenolic OH excluding ortho intramolecular Hbond substituents is 1. The highest BCUT2D eigenvalue weighted by Crippen LogP contribution is 2.47. The Balaban J connectivity index is 1.73. The zero-order valence-electron chi connectivity index (χ0n) is 19.8. The molecule has 2 atom stereocenters. The molecule has 2 aromatic heterocycles. The van der Waals surface area contributed by atoms with Crippen molar-refractivity contribution in [3.8, 4) is 11.4 Å². The summed E-state index contributed by atoms with van der Waals surface area (Å²) < 4.78 is 43.3. The first-order chi connectivity index (χ1) is 17.6. The quantitative estimate of drug-likeness (QED) is 0.271. The number of nitrogens with zero attached hydrogens (tertiary/aromatic N) is 3. The number of hydrogen-bond donors (Lipinski definition) is 2. The molecule has 1 aliphatic heterocycles. The van der Waals surface area contributed by atoms with Gasteiger partial charge in [0.25, 0.3) is 0 Å². The molecule has 1 saturated heterocycles. The van der Waals surface area contributed by atoms with E-state index in [1.807, 2.05) is 18.2 Å². The molecule has 5 rings (SSSR count). The van der Waals surface area contributed by atoms with Crippen molar-refractivity contribution in [3.05, 3.63) is 106 Å². The Hall–Kier alpha value is -3.56. The van der Waals surface area contributed by atoms with Gasteiger partial charge in [-0.25, -0.2) is 0 Å². The second kappa shape index (κ2) is 9.39. The number of benzene rings is 2. The third kappa shape index (κ3) is 4.42. The Morgan fingerprint density at radius 1 is 1.00 bits per heavy atom. The van der Waals surface area contributed by atoms with Gasteiger partial charge in [0.05, 0.1) is 34.7 Å². The number of para-hydroxylation sites is 1. The van der Waals surface area contributed by atoms with Crippen LogP contribution in [0, 0.1) is 13.8 Å². The van der Waals surface area contributed by atoms with E-state index in [1.165, 1.54) is 18.2 Å². The van der Waals surface area contributed by atoms with Crippen molar-refractivity contribution >= 4 is 34.6 Å². The molecule has 0 unspecified atom stereocenters. The van der Waals surface area contributed by atoms with Gasteiger partial charge in [-0.1, -0.05) is 29.8 Å². The molecule has 0 saturated carbocycles. The molecule has 1 fully saturated rings. The highest BCUT2D eigenvalue weighted by molar-refractivity contribution is 7.80. The van der Waals surface area contributed by atoms with Crippen LogP contribution in [0.5, 0.6) is 5.75 Å². The van der Waals surface area contributed by atoms with Gasteiger partial charge in [0, 0.05) is 22.6 Å². The predicted molar refractivity (Wildman–Crippen MR) is 141 cm³/mol. The maximum absolute atomic E-state index is 13.9. The number of rotatable bonds is 4. The van der Waals surface area contributed by atoms with Crippen LogP contribution in [0.1, 0.15) is 40.3 Å². The Morgan fingerprint density at radius 2 is 1.73 bits per heavy atom. The normalized spacial score (nSPS) is 17.8. The molecule has 10 heteroatoms. The first-order valence-electron chi connectivity index (χ1n) is 11.4. The molecule has 3 heterocycles. The number of alkyl halides is 3. The largest absolute Gasteiger partial charge is 0.506 e. The van der Waals surface area contributed by atoms with Crippen LogP contribution in [0.3, 0.4) is 0 Å². The first-order valence-corrected chi connectivity index (χ1v) is 12.2. The Morgan fingerprint density at radius 3 is 2.43 bits per heavy atom. The van der Waals surface area contributed by atoms with Gasteiger partial charge in [0.1, 0.15) is 5.75 Å². The molecular formula is C27H22ClF3N4OS. The average Bonchev–Trinajstić information content (AvgIpc) is 3.35. The van der Waals surface area contributed by atoms with Crippen LogP contribution in [0.25, 0.3) is 5.69 Å². The summed E-state index contributed by atoms with van der Waals surface area (Å²) in [4.78, 5) is 6.26. The van der Waals surface area contributed by atoms with E-state index in [0.717, 1.165) is 11.6 Å². The zero-order chi connectivity index (χ0) is 26.5. The maximum atomic E-state index is 13.9. The number of aromatic nitrogens is 2. The summed E-state index contributed by atoms with van der Waals surface area (Å²) in [6.07, 6.45) is -2.86. The number of phenols is 1. The van der Waals surface area contributed by atoms with E-state index in [1.54, 1.807) is 53.8 Å². The molecule has 0 spiro atoms. The lowest BCUT2D eigenvalue weighted by Gasteiger charge is -2.29. The molecule has 0 amide bonds. The monoisotopic (exact) mass is 542 g/mol. The van der Waals surface area contributed by atoms with Crippen LogP contribution < -0.4 is 10.2 Å². The summed E-state index contributed by atoms with van der Waals surface area (Å²) in [7, 11) is 0. The van der Waals surface area contributed by atoms with E-state index in [0.29, 0.717) is 32.9 Å². The fourth-order valence-electron chi connectivity index (χ4n) is 4.99. The number of halogens is 4. The van der Waals surface area contributed by atoms with Crippen molar-refractivity contribution in [1.82, 2.24) is 14.9 Å². The lowest BCUT2D eigenvalue weighted by molar-refractivity contribution is -0.137. The van der Waals surface area contributed by atoms with Gasteiger partial charge in [-0.05, 0) is 80.2 Å². The molecule has 1 aliphatic rings. The highest BCUT2D eigenvalue weighted by Gasteiger charge is 2.43. The number of anilines is 1. The maximum Gasteiger partial charge on any atom is 0.418 e. The van der Waals surface area contributed by atoms with Crippen molar-refractivity contribution < 1.29 is 18.3 Å². The van der Waals surface area contributed by atoms with Gasteiger partial charge >= 0.3 is 6.18 Å². The molecular weight excluding hydrogens is 521 g/mol. The van der Waals surface area contributed by atoms with Gasteiger partial charge < -0.3 is 19.9 Å². The summed E-state index contributed by atoms with van der Waals surface area (Å²) in [6, 6.07) is 16.5. The van der Waals surface area contributed by atoms with Gasteiger partial charge in [0.2, 0.25) is 0 Å². The van der Waals surface area contributed by atoms with Crippen LogP contribution in [-0.2, 0) is 6.18 Å². The van der Waals surface area contributed by atoms with Crippen molar-refractivity contribution in [3.63, 3.8) is 0 Å². The molecule has 190 valence electrons. The van der Waals surface area contributed by atoms with Gasteiger partial charge in [-0.15, -0.1) is 0 Å². The summed E-state index contributed by atoms with van der Waals surface area (Å²) in [5, 5.41) is 14.8. The third-order valence-electron chi connectivity index (χ3n) is 6.53. The topological polar surface area (TPSA) is 53.3 Å². The Bertz CT molecular complexity index is 1490. The summed E-state index contributed by atoms with van der Waals surface area (Å²) >= 11 is 12.0. The van der Waals surface area contributed by atoms with E-state index in [2.05, 4.69) is 10.3 Å². The van der Waals surface area contributed by atoms with Crippen LogP contribution in [-0.4, -0.2) is 19.8 Å². The van der Waals surface area contributed by atoms with Crippen molar-refractivity contribution in [2.75, 3.05) is 4.90 Å². The highest BCUT2D eigenvalue weighted by atomic mass is 35.5. The molecule has 4 aromatic rings. The van der Waals surface area contributed by atoms with Crippen LogP contribution in [0.15, 0.2) is 72.9 Å². The molecule has 2 N–H and O–H groups in total. The fourth-order valence-corrected chi connectivity index (χ4v) is 5.49. The lowest BCUT2D eigenvalue weighted by Crippen LogP contribution is -2.29. The average molecular weight is 543 g/mol. The number of nitrogens with one attached hydrogen (secondary N) is 1. The number of hydrogen-bond acceptors (Lipinski definition) is 3. The Labute approximate surface area is 222 Å². The number of aromatic hydroxyl groups is 1. The minimum absolute atomic E-state index is 0.0311. The summed E-state index contributed by atoms with van der Waals surface area (Å²) in [6.45, 7) is 3.55. The van der Waals surface area contributed by atoms with Gasteiger partial charge in [0.15, 0.2) is 5.11 Å². The molecule has 0 bridgehead atoms. The number of thiocarbonyl (C=S) groups is 1. The summed E-state index contributed by atoms with van der Waals surface area (Å²) in [5.74, 6) is -0.0311.